The van der Waals surface area contributed by atoms with E-state index in [1.807, 2.05) is 0 Å². The Balaban J connectivity index is 2.45. The van der Waals surface area contributed by atoms with Crippen molar-refractivity contribution in [2.75, 3.05) is 0 Å². The number of imidazole rings is 1. The van der Waals surface area contributed by atoms with E-state index in [9.17, 15) is 14.4 Å². The van der Waals surface area contributed by atoms with Crippen LogP contribution in [-0.2, 0) is 20.8 Å². The van der Waals surface area contributed by atoms with Gasteiger partial charge < -0.3 is 27.1 Å². The molecule has 1 aromatic rings. The highest BCUT2D eigenvalue weighted by molar-refractivity contribution is 5.92. The fourth-order valence-corrected chi connectivity index (χ4v) is 1.52. The van der Waals surface area contributed by atoms with Gasteiger partial charge in [0.1, 0.15) is 12.1 Å². The molecule has 116 valence electrons. The Labute approximate surface area is 121 Å². The van der Waals surface area contributed by atoms with Crippen LogP contribution in [0.3, 0.4) is 0 Å². The Morgan fingerprint density at radius 1 is 1.24 bits per heavy atom. The normalized spacial score (nSPS) is 14.8. The van der Waals surface area contributed by atoms with Crippen molar-refractivity contribution in [2.45, 2.75) is 38.4 Å². The van der Waals surface area contributed by atoms with Gasteiger partial charge in [-0.3, -0.25) is 14.4 Å². The summed E-state index contributed by atoms with van der Waals surface area (Å²) in [5, 5.41) is 4.86. The Bertz CT molecular complexity index is 501. The van der Waals surface area contributed by atoms with Crippen LogP contribution in [0.5, 0.6) is 0 Å². The molecule has 1 aromatic heterocycles. The first-order valence-corrected chi connectivity index (χ1v) is 6.44. The van der Waals surface area contributed by atoms with Crippen LogP contribution in [0.2, 0.25) is 0 Å². The van der Waals surface area contributed by atoms with Crippen LogP contribution in [-0.4, -0.2) is 45.8 Å². The second kappa shape index (κ2) is 7.39. The Morgan fingerprint density at radius 3 is 2.38 bits per heavy atom. The van der Waals surface area contributed by atoms with Gasteiger partial charge in [-0.1, -0.05) is 0 Å². The first-order valence-electron chi connectivity index (χ1n) is 6.44. The summed E-state index contributed by atoms with van der Waals surface area (Å²) in [5.41, 5.74) is 11.5. The highest BCUT2D eigenvalue weighted by Gasteiger charge is 2.22. The summed E-state index contributed by atoms with van der Waals surface area (Å²) in [4.78, 5) is 41.1. The van der Waals surface area contributed by atoms with Gasteiger partial charge in [0.05, 0.1) is 12.4 Å². The van der Waals surface area contributed by atoms with E-state index < -0.39 is 35.8 Å². The summed E-state index contributed by atoms with van der Waals surface area (Å²) in [6, 6.07) is -2.45. The van der Waals surface area contributed by atoms with E-state index in [4.69, 9.17) is 11.5 Å². The van der Waals surface area contributed by atoms with Gasteiger partial charge in [0.25, 0.3) is 0 Å². The number of hydrogen-bond acceptors (Lipinski definition) is 5. The van der Waals surface area contributed by atoms with Gasteiger partial charge in [0, 0.05) is 18.3 Å². The molecule has 0 aromatic carbocycles. The van der Waals surface area contributed by atoms with Gasteiger partial charge in [0.2, 0.25) is 17.7 Å². The highest BCUT2D eigenvalue weighted by atomic mass is 16.2. The maximum Gasteiger partial charge on any atom is 0.242 e. The molecule has 7 N–H and O–H groups in total. The highest BCUT2D eigenvalue weighted by Crippen LogP contribution is 1.97. The molecule has 0 bridgehead atoms. The fraction of sp³-hybridized carbons (Fsp3) is 0.500. The van der Waals surface area contributed by atoms with Gasteiger partial charge in [-0.05, 0) is 13.8 Å². The summed E-state index contributed by atoms with van der Waals surface area (Å²) < 4.78 is 0. The van der Waals surface area contributed by atoms with E-state index in [0.717, 1.165) is 5.69 Å². The molecule has 9 nitrogen and oxygen atoms in total. The number of amides is 3. The Hall–Kier alpha value is -2.42. The average molecular weight is 296 g/mol. The van der Waals surface area contributed by atoms with Crippen LogP contribution >= 0.6 is 0 Å². The average Bonchev–Trinajstić information content (AvgIpc) is 2.90. The van der Waals surface area contributed by atoms with E-state index in [-0.39, 0.29) is 6.42 Å². The van der Waals surface area contributed by atoms with Crippen LogP contribution in [0.1, 0.15) is 19.5 Å². The zero-order chi connectivity index (χ0) is 16.0. The van der Waals surface area contributed by atoms with Crippen molar-refractivity contribution >= 4 is 17.7 Å². The molecule has 3 atom stereocenters. The molecule has 0 aliphatic rings. The Morgan fingerprint density at radius 2 is 1.86 bits per heavy atom. The number of rotatable bonds is 7. The summed E-state index contributed by atoms with van der Waals surface area (Å²) in [6.07, 6.45) is 3.33. The quantitative estimate of drug-likeness (QED) is 0.385. The number of aromatic nitrogens is 2. The van der Waals surface area contributed by atoms with Gasteiger partial charge in [-0.15, -0.1) is 0 Å². The van der Waals surface area contributed by atoms with E-state index >= 15 is 0 Å². The lowest BCUT2D eigenvalue weighted by molar-refractivity contribution is -0.131. The van der Waals surface area contributed by atoms with Gasteiger partial charge >= 0.3 is 0 Å². The molecule has 0 aliphatic carbocycles. The number of carbonyl (C=O) groups is 3. The summed E-state index contributed by atoms with van der Waals surface area (Å²) in [5.74, 6) is -1.64. The van der Waals surface area contributed by atoms with Crippen LogP contribution < -0.4 is 22.1 Å². The number of aromatic amines is 1. The molecule has 1 heterocycles. The zero-order valence-corrected chi connectivity index (χ0v) is 11.9. The van der Waals surface area contributed by atoms with Gasteiger partial charge in [-0.25, -0.2) is 4.98 Å². The standard InChI is InChI=1S/C12H20N6O3/c1-6(10(14)19)17-11(20)7(2)18-12(21)9(13)3-8-4-15-5-16-8/h4-7,9H,3,13H2,1-2H3,(H2,14,19)(H,15,16)(H,17,20)(H,18,21)/t6?,7?,9-/m0/s1. The molecule has 0 saturated heterocycles. The molecule has 0 spiro atoms. The van der Waals surface area contributed by atoms with Crippen molar-refractivity contribution < 1.29 is 14.4 Å². The number of H-pyrrole nitrogens is 1. The van der Waals surface area contributed by atoms with Gasteiger partial charge in [-0.2, -0.15) is 0 Å². The number of carbonyl (C=O) groups excluding carboxylic acids is 3. The van der Waals surface area contributed by atoms with Crippen LogP contribution in [0, 0.1) is 0 Å². The third-order valence-corrected chi connectivity index (χ3v) is 2.87. The van der Waals surface area contributed by atoms with Crippen molar-refractivity contribution in [1.29, 1.82) is 0 Å². The zero-order valence-electron chi connectivity index (χ0n) is 11.9. The maximum absolute atomic E-state index is 11.9. The largest absolute Gasteiger partial charge is 0.368 e. The van der Waals surface area contributed by atoms with E-state index in [1.165, 1.54) is 20.2 Å². The second-order valence-corrected chi connectivity index (χ2v) is 4.75. The smallest absolute Gasteiger partial charge is 0.242 e. The first kappa shape index (κ1) is 16.6. The molecular formula is C12H20N6O3. The fourth-order valence-electron chi connectivity index (χ4n) is 1.52. The number of nitrogens with zero attached hydrogens (tertiary/aromatic N) is 1. The number of nitrogens with one attached hydrogen (secondary N) is 3. The number of primary amides is 1. The second-order valence-electron chi connectivity index (χ2n) is 4.75. The third-order valence-electron chi connectivity index (χ3n) is 2.87. The van der Waals surface area contributed by atoms with Crippen LogP contribution in [0.25, 0.3) is 0 Å². The predicted octanol–water partition coefficient (Wildman–Crippen LogP) is -2.23. The molecule has 0 fully saturated rings. The van der Waals surface area contributed by atoms with E-state index in [1.54, 1.807) is 6.20 Å². The number of hydrogen-bond donors (Lipinski definition) is 5. The van der Waals surface area contributed by atoms with E-state index in [0.29, 0.717) is 0 Å². The molecule has 0 aliphatic heterocycles. The molecular weight excluding hydrogens is 276 g/mol. The minimum absolute atomic E-state index is 0.276. The summed E-state index contributed by atoms with van der Waals surface area (Å²) >= 11 is 0. The lowest BCUT2D eigenvalue weighted by atomic mass is 10.1. The molecule has 1 rings (SSSR count). The SMILES string of the molecule is CC(NC(=O)C(C)NC(=O)[C@@H](N)Cc1cnc[nH]1)C(N)=O. The molecule has 0 radical (unpaired) electrons. The van der Waals surface area contributed by atoms with Crippen molar-refractivity contribution in [1.82, 2.24) is 20.6 Å². The summed E-state index contributed by atoms with van der Waals surface area (Å²) in [7, 11) is 0. The minimum Gasteiger partial charge on any atom is -0.368 e. The van der Waals surface area contributed by atoms with Crippen LogP contribution in [0.4, 0.5) is 0 Å². The third kappa shape index (κ3) is 5.22. The van der Waals surface area contributed by atoms with Crippen molar-refractivity contribution in [2.24, 2.45) is 11.5 Å². The molecule has 21 heavy (non-hydrogen) atoms. The molecule has 3 amide bonds. The minimum atomic E-state index is -0.827. The molecule has 9 heteroatoms. The predicted molar refractivity (Wildman–Crippen MR) is 74.7 cm³/mol. The molecule has 2 unspecified atom stereocenters. The topological polar surface area (TPSA) is 156 Å². The lowest BCUT2D eigenvalue weighted by Gasteiger charge is -2.18. The van der Waals surface area contributed by atoms with Crippen molar-refractivity contribution in [3.63, 3.8) is 0 Å². The Kier molecular flexibility index (Phi) is 5.85. The molecule has 0 saturated carbocycles. The van der Waals surface area contributed by atoms with Crippen molar-refractivity contribution in [3.05, 3.63) is 18.2 Å². The summed E-state index contributed by atoms with van der Waals surface area (Å²) in [6.45, 7) is 2.95. The van der Waals surface area contributed by atoms with Crippen molar-refractivity contribution in [3.8, 4) is 0 Å². The number of nitrogens with two attached hydrogens (primary N) is 2. The van der Waals surface area contributed by atoms with E-state index in [2.05, 4.69) is 20.6 Å². The van der Waals surface area contributed by atoms with Crippen LogP contribution in [0.15, 0.2) is 12.5 Å². The first-order chi connectivity index (χ1) is 9.81. The lowest BCUT2D eigenvalue weighted by Crippen LogP contribution is -2.53. The monoisotopic (exact) mass is 296 g/mol. The maximum atomic E-state index is 11.9. The van der Waals surface area contributed by atoms with Gasteiger partial charge in [0.15, 0.2) is 0 Å².